The van der Waals surface area contributed by atoms with Gasteiger partial charge in [-0.05, 0) is 0 Å². The molecule has 0 aromatic rings. The van der Waals surface area contributed by atoms with Gasteiger partial charge < -0.3 is 0 Å². The van der Waals surface area contributed by atoms with Crippen LogP contribution >= 0.6 is 22.5 Å². The van der Waals surface area contributed by atoms with Gasteiger partial charge in [0.15, 0.2) is 0 Å². The van der Waals surface area contributed by atoms with Gasteiger partial charge >= 0.3 is 0 Å². The van der Waals surface area contributed by atoms with Crippen LogP contribution in [-0.4, -0.2) is 28.2 Å². The summed E-state index contributed by atoms with van der Waals surface area (Å²) >= 11 is 3.67. The van der Waals surface area contributed by atoms with E-state index < -0.39 is 22.4 Å². The fourth-order valence-corrected chi connectivity index (χ4v) is 1.35. The van der Waals surface area contributed by atoms with Gasteiger partial charge in [0.1, 0.15) is 0 Å². The smallest absolute Gasteiger partial charge is 0.264 e. The lowest BCUT2D eigenvalue weighted by Crippen LogP contribution is -2.30. The molecule has 1 unspecified atom stereocenters. The third kappa shape index (κ3) is 4.85. The molecule has 0 spiro atoms. The molecular formula is C3H6N2O4S2. The van der Waals surface area contributed by atoms with E-state index in [4.69, 9.17) is 0 Å². The predicted molar refractivity (Wildman–Crippen MR) is 44.1 cm³/mol. The molecule has 11 heavy (non-hydrogen) atoms. The van der Waals surface area contributed by atoms with Gasteiger partial charge in [-0.15, -0.1) is 11.7 Å². The molecule has 0 N–H and O–H groups in total. The molecule has 0 heterocycles. The first kappa shape index (κ1) is 10.5. The van der Waals surface area contributed by atoms with Gasteiger partial charge in [0, 0.05) is 9.85 Å². The van der Waals surface area contributed by atoms with Crippen molar-refractivity contribution in [2.45, 2.75) is 6.04 Å². The molecule has 64 valence electrons. The SMILES string of the molecule is O=[N+]([O-])CC(CSS)[N+](=O)[O-]. The third-order valence-electron chi connectivity index (χ3n) is 0.925. The topological polar surface area (TPSA) is 86.3 Å². The molecule has 0 bridgehead atoms. The Balaban J connectivity index is 3.89. The zero-order valence-electron chi connectivity index (χ0n) is 5.37. The number of rotatable bonds is 5. The molecule has 0 aromatic carbocycles. The van der Waals surface area contributed by atoms with Crippen molar-refractivity contribution in [1.29, 1.82) is 0 Å². The first-order valence-corrected chi connectivity index (χ1v) is 4.63. The van der Waals surface area contributed by atoms with E-state index in [0.717, 1.165) is 10.8 Å². The predicted octanol–water partition coefficient (Wildman–Crippen LogP) is 0.486. The van der Waals surface area contributed by atoms with Gasteiger partial charge in [-0.1, -0.05) is 10.8 Å². The second kappa shape index (κ2) is 5.19. The van der Waals surface area contributed by atoms with Gasteiger partial charge in [0.25, 0.3) is 12.6 Å². The van der Waals surface area contributed by atoms with Crippen molar-refractivity contribution in [1.82, 2.24) is 0 Å². The number of hydrogen-bond acceptors (Lipinski definition) is 6. The molecule has 0 aliphatic rings. The Bertz CT molecular complexity index is 163. The lowest BCUT2D eigenvalue weighted by atomic mass is 10.4. The molecule has 0 amide bonds. The van der Waals surface area contributed by atoms with Crippen LogP contribution in [0.4, 0.5) is 0 Å². The third-order valence-corrected chi connectivity index (χ3v) is 1.91. The summed E-state index contributed by atoms with van der Waals surface area (Å²) in [6.07, 6.45) is 0. The zero-order valence-corrected chi connectivity index (χ0v) is 7.09. The first-order valence-electron chi connectivity index (χ1n) is 2.59. The molecule has 1 atom stereocenters. The Morgan fingerprint density at radius 1 is 1.45 bits per heavy atom. The first-order chi connectivity index (χ1) is 5.07. The van der Waals surface area contributed by atoms with E-state index in [-0.39, 0.29) is 5.75 Å². The molecule has 0 aliphatic heterocycles. The van der Waals surface area contributed by atoms with Crippen molar-refractivity contribution in [2.24, 2.45) is 0 Å². The van der Waals surface area contributed by atoms with Crippen molar-refractivity contribution in [3.05, 3.63) is 20.2 Å². The normalized spacial score (nSPS) is 12.5. The molecular weight excluding hydrogens is 192 g/mol. The highest BCUT2D eigenvalue weighted by molar-refractivity contribution is 8.68. The van der Waals surface area contributed by atoms with Crippen LogP contribution in [-0.2, 0) is 0 Å². The monoisotopic (exact) mass is 198 g/mol. The summed E-state index contributed by atoms with van der Waals surface area (Å²) in [5.41, 5.74) is 0. The Morgan fingerprint density at radius 2 is 2.00 bits per heavy atom. The average molecular weight is 198 g/mol. The molecule has 0 fully saturated rings. The minimum atomic E-state index is -1.13. The average Bonchev–Trinajstić information content (AvgIpc) is 1.86. The number of nitrogens with zero attached hydrogens (tertiary/aromatic N) is 2. The number of thiol groups is 1. The van der Waals surface area contributed by atoms with E-state index in [2.05, 4.69) is 11.7 Å². The second-order valence-electron chi connectivity index (χ2n) is 1.75. The van der Waals surface area contributed by atoms with Gasteiger partial charge in [0.2, 0.25) is 0 Å². The number of hydrogen-bond donors (Lipinski definition) is 1. The van der Waals surface area contributed by atoms with E-state index in [1.165, 1.54) is 0 Å². The Morgan fingerprint density at radius 3 is 2.27 bits per heavy atom. The maximum absolute atomic E-state index is 10.1. The highest BCUT2D eigenvalue weighted by atomic mass is 33.1. The van der Waals surface area contributed by atoms with Crippen LogP contribution < -0.4 is 0 Å². The number of nitro groups is 2. The van der Waals surface area contributed by atoms with Gasteiger partial charge in [-0.3, -0.25) is 20.2 Å². The lowest BCUT2D eigenvalue weighted by molar-refractivity contribution is -0.583. The molecule has 6 nitrogen and oxygen atoms in total. The fourth-order valence-electron chi connectivity index (χ4n) is 0.438. The van der Waals surface area contributed by atoms with Crippen LogP contribution in [0.3, 0.4) is 0 Å². The van der Waals surface area contributed by atoms with Gasteiger partial charge in [0.05, 0.1) is 5.75 Å². The molecule has 8 heteroatoms. The summed E-state index contributed by atoms with van der Waals surface area (Å²) in [6, 6.07) is -1.13. The van der Waals surface area contributed by atoms with Gasteiger partial charge in [-0.2, -0.15) is 0 Å². The Hall–Kier alpha value is -0.500. The van der Waals surface area contributed by atoms with E-state index in [1.807, 2.05) is 0 Å². The highest BCUT2D eigenvalue weighted by Gasteiger charge is 2.25. The standard InChI is InChI=1S/C3H6N2O4S2/c6-4(7)1-3(2-11-10)5(8)9/h3,10H,1-2H2. The molecule has 0 rings (SSSR count). The summed E-state index contributed by atoms with van der Waals surface area (Å²) in [5.74, 6) is 0.0527. The maximum Gasteiger partial charge on any atom is 0.285 e. The van der Waals surface area contributed by atoms with Crippen LogP contribution in [0.15, 0.2) is 0 Å². The van der Waals surface area contributed by atoms with E-state index in [1.54, 1.807) is 0 Å². The second-order valence-corrected chi connectivity index (χ2v) is 3.12. The molecule has 0 saturated carbocycles. The van der Waals surface area contributed by atoms with Crippen LogP contribution in [0, 0.1) is 20.2 Å². The minimum Gasteiger partial charge on any atom is -0.264 e. The quantitative estimate of drug-likeness (QED) is 0.300. The summed E-state index contributed by atoms with van der Waals surface area (Å²) < 4.78 is 0. The van der Waals surface area contributed by atoms with Crippen molar-refractivity contribution in [2.75, 3.05) is 12.3 Å². The molecule has 0 aliphatic carbocycles. The Labute approximate surface area is 71.5 Å². The van der Waals surface area contributed by atoms with Gasteiger partial charge in [-0.25, -0.2) is 0 Å². The van der Waals surface area contributed by atoms with E-state index >= 15 is 0 Å². The van der Waals surface area contributed by atoms with Crippen LogP contribution in [0.2, 0.25) is 0 Å². The fraction of sp³-hybridized carbons (Fsp3) is 1.00. The largest absolute Gasteiger partial charge is 0.285 e. The zero-order chi connectivity index (χ0) is 8.85. The van der Waals surface area contributed by atoms with E-state index in [9.17, 15) is 20.2 Å². The van der Waals surface area contributed by atoms with Crippen molar-refractivity contribution < 1.29 is 9.85 Å². The van der Waals surface area contributed by atoms with Crippen molar-refractivity contribution in [3.63, 3.8) is 0 Å². The van der Waals surface area contributed by atoms with Crippen LogP contribution in [0.1, 0.15) is 0 Å². The summed E-state index contributed by atoms with van der Waals surface area (Å²) in [5, 5.41) is 19.9. The molecule has 0 saturated heterocycles. The maximum atomic E-state index is 10.1. The lowest BCUT2D eigenvalue weighted by Gasteiger charge is -2.00. The minimum absolute atomic E-state index is 0.0527. The van der Waals surface area contributed by atoms with Crippen LogP contribution in [0.5, 0.6) is 0 Å². The highest BCUT2D eigenvalue weighted by Crippen LogP contribution is 2.08. The summed E-state index contributed by atoms with van der Waals surface area (Å²) in [7, 11) is 0.928. The van der Waals surface area contributed by atoms with Crippen molar-refractivity contribution in [3.8, 4) is 0 Å². The van der Waals surface area contributed by atoms with Crippen LogP contribution in [0.25, 0.3) is 0 Å². The Kier molecular flexibility index (Phi) is 4.95. The summed E-state index contributed by atoms with van der Waals surface area (Å²) in [4.78, 5) is 18.6. The molecule has 0 aromatic heterocycles. The van der Waals surface area contributed by atoms with E-state index in [0.29, 0.717) is 0 Å². The summed E-state index contributed by atoms with van der Waals surface area (Å²) in [6.45, 7) is -0.638. The molecule has 0 radical (unpaired) electrons. The van der Waals surface area contributed by atoms with Crippen molar-refractivity contribution >= 4 is 22.5 Å².